The summed E-state index contributed by atoms with van der Waals surface area (Å²) in [7, 11) is 1.83. The number of carbonyl (C=O) groups excluding carboxylic acids is 3. The molecular formula is C21H22N4O3. The van der Waals surface area contributed by atoms with Gasteiger partial charge in [-0.2, -0.15) is 0 Å². The molecule has 2 aromatic carbocycles. The molecule has 1 heterocycles. The second-order valence-corrected chi connectivity index (χ2v) is 7.37. The summed E-state index contributed by atoms with van der Waals surface area (Å²) < 4.78 is 0. The lowest BCUT2D eigenvalue weighted by Gasteiger charge is -2.27. The summed E-state index contributed by atoms with van der Waals surface area (Å²) in [5, 5.41) is 8.62. The van der Waals surface area contributed by atoms with Crippen molar-refractivity contribution in [2.45, 2.75) is 25.8 Å². The monoisotopic (exact) mass is 378 g/mol. The van der Waals surface area contributed by atoms with Crippen LogP contribution in [0.4, 0.5) is 17.1 Å². The molecular weight excluding hydrogens is 356 g/mol. The summed E-state index contributed by atoms with van der Waals surface area (Å²) in [5.74, 6) is -0.538. The van der Waals surface area contributed by atoms with Gasteiger partial charge in [0.1, 0.15) is 0 Å². The highest BCUT2D eigenvalue weighted by Gasteiger charge is 2.24. The van der Waals surface area contributed by atoms with Gasteiger partial charge in [-0.05, 0) is 55.7 Å². The molecule has 0 saturated heterocycles. The number of anilines is 3. The number of amides is 3. The van der Waals surface area contributed by atoms with Crippen molar-refractivity contribution in [1.29, 1.82) is 0 Å². The minimum atomic E-state index is -0.298. The fourth-order valence-electron chi connectivity index (χ4n) is 3.19. The third-order valence-electron chi connectivity index (χ3n) is 4.99. The average molecular weight is 378 g/mol. The van der Waals surface area contributed by atoms with Gasteiger partial charge in [-0.1, -0.05) is 6.07 Å². The molecule has 4 rings (SSSR count). The van der Waals surface area contributed by atoms with E-state index in [0.29, 0.717) is 22.5 Å². The summed E-state index contributed by atoms with van der Waals surface area (Å²) in [6, 6.07) is 10.7. The maximum Gasteiger partial charge on any atom is 0.255 e. The largest absolute Gasteiger partial charge is 0.364 e. The van der Waals surface area contributed by atoms with E-state index in [0.717, 1.165) is 24.1 Å². The maximum atomic E-state index is 12.7. The van der Waals surface area contributed by atoms with Crippen LogP contribution < -0.4 is 20.9 Å². The summed E-state index contributed by atoms with van der Waals surface area (Å²) in [4.78, 5) is 38.6. The molecule has 0 radical (unpaired) electrons. The first-order valence-electron chi connectivity index (χ1n) is 9.28. The van der Waals surface area contributed by atoms with Crippen LogP contribution in [-0.4, -0.2) is 37.4 Å². The van der Waals surface area contributed by atoms with Crippen molar-refractivity contribution < 1.29 is 14.4 Å². The maximum absolute atomic E-state index is 12.7. The summed E-state index contributed by atoms with van der Waals surface area (Å²) in [6.07, 6.45) is 2.04. The van der Waals surface area contributed by atoms with Crippen molar-refractivity contribution in [3.63, 3.8) is 0 Å². The number of rotatable bonds is 4. The Morgan fingerprint density at radius 2 is 1.79 bits per heavy atom. The molecule has 0 atom stereocenters. The normalized spacial score (nSPS) is 15.5. The zero-order valence-electron chi connectivity index (χ0n) is 15.8. The van der Waals surface area contributed by atoms with Crippen LogP contribution in [0.15, 0.2) is 36.4 Å². The van der Waals surface area contributed by atoms with E-state index in [1.54, 1.807) is 24.3 Å². The van der Waals surface area contributed by atoms with Gasteiger partial charge in [0.2, 0.25) is 5.91 Å². The van der Waals surface area contributed by atoms with Gasteiger partial charge >= 0.3 is 0 Å². The van der Waals surface area contributed by atoms with Gasteiger partial charge in [0.25, 0.3) is 11.8 Å². The Morgan fingerprint density at radius 1 is 1.07 bits per heavy atom. The molecule has 144 valence electrons. The number of nitrogens with zero attached hydrogens (tertiary/aromatic N) is 1. The number of hydrogen-bond donors (Lipinski definition) is 3. The third-order valence-corrected chi connectivity index (χ3v) is 4.99. The van der Waals surface area contributed by atoms with Crippen LogP contribution in [0.1, 0.15) is 39.1 Å². The zero-order valence-corrected chi connectivity index (χ0v) is 15.8. The van der Waals surface area contributed by atoms with E-state index < -0.39 is 0 Å². The highest BCUT2D eigenvalue weighted by atomic mass is 16.2. The minimum absolute atomic E-state index is 0.113. The first-order chi connectivity index (χ1) is 13.4. The Morgan fingerprint density at radius 3 is 2.54 bits per heavy atom. The highest BCUT2D eigenvalue weighted by Crippen LogP contribution is 2.30. The van der Waals surface area contributed by atoms with Gasteiger partial charge in [0.15, 0.2) is 0 Å². The Hall–Kier alpha value is -3.35. The fourth-order valence-corrected chi connectivity index (χ4v) is 3.19. The van der Waals surface area contributed by atoms with Crippen molar-refractivity contribution in [2.75, 3.05) is 29.1 Å². The molecule has 0 bridgehead atoms. The molecule has 0 spiro atoms. The van der Waals surface area contributed by atoms with Crippen molar-refractivity contribution >= 4 is 34.8 Å². The molecule has 1 saturated carbocycles. The molecule has 7 heteroatoms. The lowest BCUT2D eigenvalue weighted by molar-refractivity contribution is -0.115. The van der Waals surface area contributed by atoms with Gasteiger partial charge in [0, 0.05) is 29.9 Å². The lowest BCUT2D eigenvalue weighted by atomic mass is 10.1. The second kappa shape index (κ2) is 6.99. The predicted octanol–water partition coefficient (Wildman–Crippen LogP) is 2.53. The van der Waals surface area contributed by atoms with E-state index in [1.807, 2.05) is 31.0 Å². The van der Waals surface area contributed by atoms with Crippen LogP contribution in [0.25, 0.3) is 0 Å². The summed E-state index contributed by atoms with van der Waals surface area (Å²) >= 11 is 0. The number of nitrogens with one attached hydrogen (secondary N) is 3. The van der Waals surface area contributed by atoms with Crippen LogP contribution in [0.5, 0.6) is 0 Å². The molecule has 3 N–H and O–H groups in total. The Labute approximate surface area is 163 Å². The molecule has 7 nitrogen and oxygen atoms in total. The fraction of sp³-hybridized carbons (Fsp3) is 0.286. The quantitative estimate of drug-likeness (QED) is 0.763. The highest BCUT2D eigenvalue weighted by molar-refractivity contribution is 6.08. The van der Waals surface area contributed by atoms with Crippen LogP contribution >= 0.6 is 0 Å². The minimum Gasteiger partial charge on any atom is -0.364 e. The number of hydrogen-bond acceptors (Lipinski definition) is 4. The van der Waals surface area contributed by atoms with E-state index in [-0.39, 0.29) is 30.3 Å². The van der Waals surface area contributed by atoms with Crippen molar-refractivity contribution in [2.24, 2.45) is 0 Å². The van der Waals surface area contributed by atoms with Gasteiger partial charge in [0.05, 0.1) is 17.9 Å². The molecule has 1 aliphatic heterocycles. The predicted molar refractivity (Wildman–Crippen MR) is 108 cm³/mol. The molecule has 1 fully saturated rings. The number of likely N-dealkylation sites (N-methyl/N-ethyl adjacent to an activating group) is 1. The van der Waals surface area contributed by atoms with Gasteiger partial charge in [-0.15, -0.1) is 0 Å². The first-order valence-corrected chi connectivity index (χ1v) is 9.28. The lowest BCUT2D eigenvalue weighted by Crippen LogP contribution is -2.35. The van der Waals surface area contributed by atoms with Crippen LogP contribution in [0.2, 0.25) is 0 Å². The van der Waals surface area contributed by atoms with Crippen LogP contribution in [0.3, 0.4) is 0 Å². The van der Waals surface area contributed by atoms with Gasteiger partial charge < -0.3 is 20.9 Å². The molecule has 0 unspecified atom stereocenters. The Bertz CT molecular complexity index is 982. The summed E-state index contributed by atoms with van der Waals surface area (Å²) in [6.45, 7) is 2.16. The molecule has 3 amide bonds. The van der Waals surface area contributed by atoms with E-state index >= 15 is 0 Å². The Balaban J connectivity index is 1.54. The average Bonchev–Trinajstić information content (AvgIpc) is 3.46. The van der Waals surface area contributed by atoms with E-state index in [1.165, 1.54) is 0 Å². The number of carbonyl (C=O) groups is 3. The molecule has 1 aliphatic carbocycles. The molecule has 0 aromatic heterocycles. The van der Waals surface area contributed by atoms with Gasteiger partial charge in [-0.3, -0.25) is 14.4 Å². The Kier molecular flexibility index (Phi) is 4.50. The van der Waals surface area contributed by atoms with Crippen molar-refractivity contribution in [1.82, 2.24) is 5.32 Å². The second-order valence-electron chi connectivity index (χ2n) is 7.37. The van der Waals surface area contributed by atoms with E-state index in [2.05, 4.69) is 16.0 Å². The number of benzene rings is 2. The zero-order chi connectivity index (χ0) is 19.8. The third kappa shape index (κ3) is 3.69. The van der Waals surface area contributed by atoms with E-state index in [9.17, 15) is 14.4 Å². The number of fused-ring (bicyclic) bond motifs is 1. The molecule has 2 aromatic rings. The topological polar surface area (TPSA) is 90.5 Å². The molecule has 28 heavy (non-hydrogen) atoms. The van der Waals surface area contributed by atoms with Gasteiger partial charge in [-0.25, -0.2) is 0 Å². The van der Waals surface area contributed by atoms with Crippen LogP contribution in [0, 0.1) is 6.92 Å². The summed E-state index contributed by atoms with van der Waals surface area (Å²) in [5.41, 5.74) is 3.88. The number of aryl methyl sites for hydroxylation is 1. The van der Waals surface area contributed by atoms with Crippen molar-refractivity contribution in [3.05, 3.63) is 53.1 Å². The van der Waals surface area contributed by atoms with Crippen LogP contribution in [-0.2, 0) is 4.79 Å². The van der Waals surface area contributed by atoms with Crippen molar-refractivity contribution in [3.8, 4) is 0 Å². The smallest absolute Gasteiger partial charge is 0.255 e. The van der Waals surface area contributed by atoms with E-state index in [4.69, 9.17) is 0 Å². The SMILES string of the molecule is Cc1ccc(C(=O)NC2CC2)cc1NC(=O)c1ccc2c(c1)NC(=O)CN2C. The molecule has 2 aliphatic rings. The first kappa shape index (κ1) is 18.0. The standard InChI is InChI=1S/C21H22N4O3/c1-12-3-4-13(20(27)22-15-6-7-15)9-16(12)24-21(28)14-5-8-18-17(10-14)23-19(26)11-25(18)2/h3-5,8-10,15H,6-7,11H2,1-2H3,(H,22,27)(H,23,26)(H,24,28).